The average molecular weight is 313 g/mol. The number of thiazole rings is 1. The second kappa shape index (κ2) is 9.09. The number of aromatic carboxylic acids is 1. The van der Waals surface area contributed by atoms with Gasteiger partial charge in [0, 0.05) is 24.9 Å². The number of carbonyl (C=O) groups excluding carboxylic acids is 1. The molecule has 7 nitrogen and oxygen atoms in total. The van der Waals surface area contributed by atoms with Gasteiger partial charge in [-0.2, -0.15) is 0 Å². The Balaban J connectivity index is 2.10. The highest BCUT2D eigenvalue weighted by atomic mass is 32.1. The van der Waals surface area contributed by atoms with Gasteiger partial charge in [-0.3, -0.25) is 0 Å². The first kappa shape index (κ1) is 17.1. The maximum Gasteiger partial charge on any atom is 0.355 e. The first-order valence-electron chi connectivity index (χ1n) is 6.40. The standard InChI is InChI=1S/C13H19N3O4S/c1-9(2)7-20-6-5-15-13(19)14-4-3-11-16-10(8-21-11)12(17)18/h8H,1,3-7H2,2H3,(H,17,18)(H2,14,15,19). The molecule has 1 aromatic heterocycles. The largest absolute Gasteiger partial charge is 0.476 e. The van der Waals surface area contributed by atoms with Crippen LogP contribution in [0.25, 0.3) is 0 Å². The number of nitrogens with one attached hydrogen (secondary N) is 2. The summed E-state index contributed by atoms with van der Waals surface area (Å²) in [6.45, 7) is 7.29. The van der Waals surface area contributed by atoms with Crippen molar-refractivity contribution in [3.05, 3.63) is 28.2 Å². The molecule has 0 aromatic carbocycles. The molecule has 1 rings (SSSR count). The monoisotopic (exact) mass is 313 g/mol. The van der Waals surface area contributed by atoms with Crippen molar-refractivity contribution in [3.63, 3.8) is 0 Å². The van der Waals surface area contributed by atoms with Crippen molar-refractivity contribution in [1.29, 1.82) is 0 Å². The molecule has 116 valence electrons. The number of aromatic nitrogens is 1. The number of hydrogen-bond donors (Lipinski definition) is 3. The van der Waals surface area contributed by atoms with E-state index in [2.05, 4.69) is 22.2 Å². The van der Waals surface area contributed by atoms with E-state index in [0.717, 1.165) is 5.57 Å². The molecular formula is C13H19N3O4S. The molecule has 0 saturated heterocycles. The van der Waals surface area contributed by atoms with Gasteiger partial charge in [-0.1, -0.05) is 12.2 Å². The van der Waals surface area contributed by atoms with Crippen molar-refractivity contribution < 1.29 is 19.4 Å². The van der Waals surface area contributed by atoms with Crippen LogP contribution >= 0.6 is 11.3 Å². The Morgan fingerprint density at radius 2 is 2.14 bits per heavy atom. The number of rotatable bonds is 9. The van der Waals surface area contributed by atoms with E-state index >= 15 is 0 Å². The minimum absolute atomic E-state index is 0.0362. The molecule has 2 amide bonds. The zero-order valence-electron chi connectivity index (χ0n) is 11.8. The van der Waals surface area contributed by atoms with Gasteiger partial charge in [-0.05, 0) is 6.92 Å². The van der Waals surface area contributed by atoms with Gasteiger partial charge >= 0.3 is 12.0 Å². The van der Waals surface area contributed by atoms with Gasteiger partial charge in [-0.25, -0.2) is 14.6 Å². The number of carboxylic acid groups (broad SMARTS) is 1. The molecule has 0 aliphatic carbocycles. The Bertz CT molecular complexity index is 501. The number of ether oxygens (including phenoxy) is 1. The van der Waals surface area contributed by atoms with Crippen LogP contribution in [0, 0.1) is 0 Å². The Labute approximate surface area is 127 Å². The predicted molar refractivity (Wildman–Crippen MR) is 79.8 cm³/mol. The van der Waals surface area contributed by atoms with E-state index in [-0.39, 0.29) is 11.7 Å². The highest BCUT2D eigenvalue weighted by Crippen LogP contribution is 2.09. The molecule has 0 bridgehead atoms. The molecular weight excluding hydrogens is 294 g/mol. The molecule has 0 saturated carbocycles. The van der Waals surface area contributed by atoms with Crippen LogP contribution in [0.2, 0.25) is 0 Å². The summed E-state index contributed by atoms with van der Waals surface area (Å²) in [7, 11) is 0. The lowest BCUT2D eigenvalue weighted by molar-refractivity contribution is 0.0691. The lowest BCUT2D eigenvalue weighted by atomic mass is 10.4. The van der Waals surface area contributed by atoms with Gasteiger partial charge in [0.1, 0.15) is 0 Å². The molecule has 0 unspecified atom stereocenters. The average Bonchev–Trinajstić information content (AvgIpc) is 2.87. The Morgan fingerprint density at radius 3 is 2.76 bits per heavy atom. The summed E-state index contributed by atoms with van der Waals surface area (Å²) >= 11 is 1.26. The lowest BCUT2D eigenvalue weighted by Crippen LogP contribution is -2.38. The Morgan fingerprint density at radius 1 is 1.43 bits per heavy atom. The van der Waals surface area contributed by atoms with E-state index in [9.17, 15) is 9.59 Å². The minimum atomic E-state index is -1.04. The van der Waals surface area contributed by atoms with Crippen LogP contribution in [-0.2, 0) is 11.2 Å². The quantitative estimate of drug-likeness (QED) is 0.471. The van der Waals surface area contributed by atoms with Crippen LogP contribution in [0.5, 0.6) is 0 Å². The zero-order chi connectivity index (χ0) is 15.7. The van der Waals surface area contributed by atoms with Crippen LogP contribution < -0.4 is 10.6 Å². The first-order valence-corrected chi connectivity index (χ1v) is 7.28. The molecule has 21 heavy (non-hydrogen) atoms. The van der Waals surface area contributed by atoms with Crippen LogP contribution in [0.3, 0.4) is 0 Å². The Kier molecular flexibility index (Phi) is 7.41. The maximum atomic E-state index is 11.4. The summed E-state index contributed by atoms with van der Waals surface area (Å²) in [4.78, 5) is 26.0. The molecule has 1 aromatic rings. The number of carboxylic acids is 1. The van der Waals surface area contributed by atoms with Gasteiger partial charge < -0.3 is 20.5 Å². The smallest absolute Gasteiger partial charge is 0.355 e. The summed E-state index contributed by atoms with van der Waals surface area (Å²) in [6.07, 6.45) is 0.498. The van der Waals surface area contributed by atoms with E-state index in [1.165, 1.54) is 16.7 Å². The summed E-state index contributed by atoms with van der Waals surface area (Å²) in [5, 5.41) is 16.2. The van der Waals surface area contributed by atoms with Crippen LogP contribution in [-0.4, -0.2) is 48.4 Å². The van der Waals surface area contributed by atoms with Crippen LogP contribution in [0.15, 0.2) is 17.5 Å². The van der Waals surface area contributed by atoms with Crippen molar-refractivity contribution in [1.82, 2.24) is 15.6 Å². The molecule has 0 aliphatic rings. The van der Waals surface area contributed by atoms with E-state index in [1.54, 1.807) is 0 Å². The van der Waals surface area contributed by atoms with Gasteiger partial charge in [0.15, 0.2) is 5.69 Å². The van der Waals surface area contributed by atoms with Crippen molar-refractivity contribution in [2.24, 2.45) is 0 Å². The van der Waals surface area contributed by atoms with E-state index < -0.39 is 5.97 Å². The van der Waals surface area contributed by atoms with E-state index in [0.29, 0.717) is 37.7 Å². The highest BCUT2D eigenvalue weighted by molar-refractivity contribution is 7.09. The van der Waals surface area contributed by atoms with Crippen LogP contribution in [0.1, 0.15) is 22.4 Å². The van der Waals surface area contributed by atoms with E-state index in [1.807, 2.05) is 6.92 Å². The third-order valence-electron chi connectivity index (χ3n) is 2.28. The summed E-state index contributed by atoms with van der Waals surface area (Å²) < 4.78 is 5.24. The summed E-state index contributed by atoms with van der Waals surface area (Å²) in [5.74, 6) is -1.04. The molecule has 0 radical (unpaired) electrons. The third-order valence-corrected chi connectivity index (χ3v) is 3.18. The second-order valence-corrected chi connectivity index (χ2v) is 5.32. The number of carbonyl (C=O) groups is 2. The Hall–Kier alpha value is -1.93. The first-order chi connectivity index (χ1) is 9.99. The van der Waals surface area contributed by atoms with Crippen molar-refractivity contribution in [3.8, 4) is 0 Å². The third kappa shape index (κ3) is 7.42. The van der Waals surface area contributed by atoms with E-state index in [4.69, 9.17) is 9.84 Å². The number of nitrogens with zero attached hydrogens (tertiary/aromatic N) is 1. The maximum absolute atomic E-state index is 11.4. The lowest BCUT2D eigenvalue weighted by Gasteiger charge is -2.07. The minimum Gasteiger partial charge on any atom is -0.476 e. The number of hydrogen-bond acceptors (Lipinski definition) is 5. The number of urea groups is 1. The van der Waals surface area contributed by atoms with Gasteiger partial charge in [0.2, 0.25) is 0 Å². The van der Waals surface area contributed by atoms with Crippen molar-refractivity contribution in [2.75, 3.05) is 26.3 Å². The SMILES string of the molecule is C=C(C)COCCNC(=O)NCCc1nc(C(=O)O)cs1. The van der Waals surface area contributed by atoms with Crippen molar-refractivity contribution in [2.45, 2.75) is 13.3 Å². The fraction of sp³-hybridized carbons (Fsp3) is 0.462. The van der Waals surface area contributed by atoms with Crippen molar-refractivity contribution >= 4 is 23.3 Å². The number of amides is 2. The second-order valence-electron chi connectivity index (χ2n) is 4.37. The fourth-order valence-electron chi connectivity index (χ4n) is 1.35. The molecule has 3 N–H and O–H groups in total. The van der Waals surface area contributed by atoms with Gasteiger partial charge in [0.25, 0.3) is 0 Å². The van der Waals surface area contributed by atoms with Gasteiger partial charge in [-0.15, -0.1) is 11.3 Å². The molecule has 0 atom stereocenters. The zero-order valence-corrected chi connectivity index (χ0v) is 12.7. The molecule has 1 heterocycles. The molecule has 0 spiro atoms. The van der Waals surface area contributed by atoms with Crippen LogP contribution in [0.4, 0.5) is 4.79 Å². The topological polar surface area (TPSA) is 101 Å². The van der Waals surface area contributed by atoms with Gasteiger partial charge in [0.05, 0.1) is 18.2 Å². The summed E-state index contributed by atoms with van der Waals surface area (Å²) in [5.41, 5.74) is 0.970. The highest BCUT2D eigenvalue weighted by Gasteiger charge is 2.08. The predicted octanol–water partition coefficient (Wildman–Crippen LogP) is 1.28. The fourth-order valence-corrected chi connectivity index (χ4v) is 2.12. The normalized spacial score (nSPS) is 10.1. The molecule has 8 heteroatoms. The molecule has 0 aliphatic heterocycles. The molecule has 0 fully saturated rings. The summed E-state index contributed by atoms with van der Waals surface area (Å²) in [6, 6.07) is -0.288.